The summed E-state index contributed by atoms with van der Waals surface area (Å²) in [5.74, 6) is 0.787. The second-order valence-electron chi connectivity index (χ2n) is 7.77. The maximum atomic E-state index is 13.4. The summed E-state index contributed by atoms with van der Waals surface area (Å²) in [6.45, 7) is 6.09. The second-order valence-corrected chi connectivity index (χ2v) is 7.77. The Hall–Kier alpha value is -3.61. The minimum Gasteiger partial charge on any atom is -0.454 e. The number of anilines is 1. The number of rotatable bonds is 3. The molecular weight excluding hydrogens is 382 g/mol. The normalized spacial score (nSPS) is 16.9. The first-order chi connectivity index (χ1) is 14.4. The molecule has 0 radical (unpaired) electrons. The standard InChI is InChI=1S/C23H21N3O4/c1-12-4-6-16(8-13(12)2)26-23-21(14(3)25-26)17(10-20(27)24-23)22(28)15-5-7-18-19(9-15)30-11-29-18/h4-9,17H,10-11H2,1-3H3,(H,24,27)/t17-/m1/s1. The lowest BCUT2D eigenvalue weighted by Gasteiger charge is -2.23. The summed E-state index contributed by atoms with van der Waals surface area (Å²) in [7, 11) is 0. The monoisotopic (exact) mass is 403 g/mol. The molecule has 7 nitrogen and oxygen atoms in total. The summed E-state index contributed by atoms with van der Waals surface area (Å²) in [5, 5.41) is 7.58. The molecule has 0 unspecified atom stereocenters. The molecule has 0 saturated heterocycles. The van der Waals surface area contributed by atoms with Gasteiger partial charge in [0.25, 0.3) is 0 Å². The lowest BCUT2D eigenvalue weighted by atomic mass is 9.85. The van der Waals surface area contributed by atoms with Gasteiger partial charge in [0, 0.05) is 17.5 Å². The summed E-state index contributed by atoms with van der Waals surface area (Å²) < 4.78 is 12.5. The highest BCUT2D eigenvalue weighted by Crippen LogP contribution is 2.40. The third kappa shape index (κ3) is 2.85. The summed E-state index contributed by atoms with van der Waals surface area (Å²) in [4.78, 5) is 25.9. The van der Waals surface area contributed by atoms with E-state index >= 15 is 0 Å². The van der Waals surface area contributed by atoms with E-state index in [1.54, 1.807) is 22.9 Å². The highest BCUT2D eigenvalue weighted by atomic mass is 16.7. The van der Waals surface area contributed by atoms with Crippen LogP contribution in [0.15, 0.2) is 36.4 Å². The number of ether oxygens (including phenoxy) is 2. The topological polar surface area (TPSA) is 82.5 Å². The number of hydrogen-bond acceptors (Lipinski definition) is 5. The zero-order chi connectivity index (χ0) is 21.0. The molecule has 152 valence electrons. The molecule has 30 heavy (non-hydrogen) atoms. The minimum atomic E-state index is -0.602. The molecular formula is C23H21N3O4. The van der Waals surface area contributed by atoms with Gasteiger partial charge in [-0.2, -0.15) is 5.10 Å². The number of fused-ring (bicyclic) bond motifs is 2. The van der Waals surface area contributed by atoms with Crippen molar-refractivity contribution in [2.75, 3.05) is 12.1 Å². The number of ketones is 1. The first-order valence-corrected chi connectivity index (χ1v) is 9.83. The molecule has 2 aliphatic rings. The molecule has 0 spiro atoms. The van der Waals surface area contributed by atoms with Gasteiger partial charge in [-0.15, -0.1) is 0 Å². The van der Waals surface area contributed by atoms with Gasteiger partial charge in [-0.05, 0) is 62.2 Å². The largest absolute Gasteiger partial charge is 0.454 e. The zero-order valence-electron chi connectivity index (χ0n) is 17.0. The molecule has 3 aromatic rings. The van der Waals surface area contributed by atoms with E-state index < -0.39 is 5.92 Å². The van der Waals surface area contributed by atoms with Crippen LogP contribution in [0.25, 0.3) is 5.69 Å². The third-order valence-corrected chi connectivity index (χ3v) is 5.81. The van der Waals surface area contributed by atoms with Crippen molar-refractivity contribution in [1.82, 2.24) is 9.78 Å². The van der Waals surface area contributed by atoms with Crippen LogP contribution < -0.4 is 14.8 Å². The molecule has 5 rings (SSSR count). The number of aromatic nitrogens is 2. The fourth-order valence-corrected chi connectivity index (χ4v) is 4.07. The van der Waals surface area contributed by atoms with Crippen LogP contribution in [0.4, 0.5) is 5.82 Å². The van der Waals surface area contributed by atoms with Crippen LogP contribution in [0.2, 0.25) is 0 Å². The number of carbonyl (C=O) groups is 2. The Bertz CT molecular complexity index is 1210. The smallest absolute Gasteiger partial charge is 0.231 e. The summed E-state index contributed by atoms with van der Waals surface area (Å²) in [6.07, 6.45) is 0.0831. The van der Waals surface area contributed by atoms with Gasteiger partial charge in [-0.25, -0.2) is 4.68 Å². The van der Waals surface area contributed by atoms with Gasteiger partial charge in [0.15, 0.2) is 17.3 Å². The highest BCUT2D eigenvalue weighted by Gasteiger charge is 2.36. The van der Waals surface area contributed by atoms with Crippen LogP contribution in [0.5, 0.6) is 11.5 Å². The van der Waals surface area contributed by atoms with Crippen molar-refractivity contribution < 1.29 is 19.1 Å². The van der Waals surface area contributed by atoms with Gasteiger partial charge in [-0.1, -0.05) is 6.07 Å². The molecule has 3 heterocycles. The number of nitrogens with one attached hydrogen (secondary N) is 1. The number of carbonyl (C=O) groups excluding carboxylic acids is 2. The Morgan fingerprint density at radius 2 is 1.87 bits per heavy atom. The number of amides is 1. The predicted molar refractivity (Wildman–Crippen MR) is 111 cm³/mol. The SMILES string of the molecule is Cc1ccc(-n2nc(C)c3c2NC(=O)C[C@H]3C(=O)c2ccc3c(c2)OCO3)cc1C. The first-order valence-electron chi connectivity index (χ1n) is 9.83. The average molecular weight is 403 g/mol. The van der Waals surface area contributed by atoms with E-state index in [1.807, 2.05) is 39.0 Å². The second kappa shape index (κ2) is 6.73. The lowest BCUT2D eigenvalue weighted by molar-refractivity contribution is -0.116. The van der Waals surface area contributed by atoms with E-state index in [4.69, 9.17) is 9.47 Å². The maximum absolute atomic E-state index is 13.4. The van der Waals surface area contributed by atoms with Crippen molar-refractivity contribution in [2.24, 2.45) is 0 Å². The highest BCUT2D eigenvalue weighted by molar-refractivity contribution is 6.08. The molecule has 1 aromatic heterocycles. The molecule has 0 saturated carbocycles. The molecule has 2 aromatic carbocycles. The Kier molecular flexibility index (Phi) is 4.13. The number of Topliss-reactive ketones (excluding diaryl/α,β-unsaturated/α-hetero) is 1. The predicted octanol–water partition coefficient (Wildman–Crippen LogP) is 3.83. The van der Waals surface area contributed by atoms with Gasteiger partial charge in [0.2, 0.25) is 12.7 Å². The number of hydrogen-bond donors (Lipinski definition) is 1. The summed E-state index contributed by atoms with van der Waals surface area (Å²) in [5.41, 5.74) is 5.13. The Labute approximate surface area is 173 Å². The van der Waals surface area contributed by atoms with Crippen LogP contribution in [0.1, 0.15) is 45.1 Å². The molecule has 1 atom stereocenters. The number of aryl methyl sites for hydroxylation is 3. The van der Waals surface area contributed by atoms with E-state index in [9.17, 15) is 9.59 Å². The Balaban J connectivity index is 1.59. The Morgan fingerprint density at radius 1 is 1.07 bits per heavy atom. The van der Waals surface area contributed by atoms with Crippen LogP contribution in [0, 0.1) is 20.8 Å². The van der Waals surface area contributed by atoms with Crippen molar-refractivity contribution in [3.8, 4) is 17.2 Å². The first kappa shape index (κ1) is 18.4. The molecule has 0 fully saturated rings. The lowest BCUT2D eigenvalue weighted by Crippen LogP contribution is -2.28. The number of benzene rings is 2. The van der Waals surface area contributed by atoms with Crippen molar-refractivity contribution in [3.05, 3.63) is 64.3 Å². The molecule has 2 aliphatic heterocycles. The zero-order valence-corrected chi connectivity index (χ0v) is 17.0. The van der Waals surface area contributed by atoms with Crippen molar-refractivity contribution in [3.63, 3.8) is 0 Å². The van der Waals surface area contributed by atoms with E-state index in [2.05, 4.69) is 10.4 Å². The van der Waals surface area contributed by atoms with E-state index in [0.717, 1.165) is 22.5 Å². The van der Waals surface area contributed by atoms with Gasteiger partial charge < -0.3 is 14.8 Å². The molecule has 1 amide bonds. The van der Waals surface area contributed by atoms with Crippen LogP contribution in [-0.2, 0) is 4.79 Å². The van der Waals surface area contributed by atoms with E-state index in [-0.39, 0.29) is 24.9 Å². The minimum absolute atomic E-state index is 0.0831. The van der Waals surface area contributed by atoms with Gasteiger partial charge in [-0.3, -0.25) is 9.59 Å². The van der Waals surface area contributed by atoms with Gasteiger partial charge >= 0.3 is 0 Å². The van der Waals surface area contributed by atoms with E-state index in [0.29, 0.717) is 22.9 Å². The van der Waals surface area contributed by atoms with Crippen LogP contribution in [0.3, 0.4) is 0 Å². The van der Waals surface area contributed by atoms with Crippen molar-refractivity contribution in [1.29, 1.82) is 0 Å². The maximum Gasteiger partial charge on any atom is 0.231 e. The quantitative estimate of drug-likeness (QED) is 0.672. The van der Waals surface area contributed by atoms with Crippen LogP contribution in [-0.4, -0.2) is 28.3 Å². The van der Waals surface area contributed by atoms with Gasteiger partial charge in [0.1, 0.15) is 5.82 Å². The van der Waals surface area contributed by atoms with Crippen LogP contribution >= 0.6 is 0 Å². The fraction of sp³-hybridized carbons (Fsp3) is 0.261. The molecule has 1 N–H and O–H groups in total. The number of nitrogens with zero attached hydrogens (tertiary/aromatic N) is 2. The van der Waals surface area contributed by atoms with Crippen molar-refractivity contribution >= 4 is 17.5 Å². The molecule has 0 aliphatic carbocycles. The van der Waals surface area contributed by atoms with Gasteiger partial charge in [0.05, 0.1) is 17.3 Å². The Morgan fingerprint density at radius 3 is 2.67 bits per heavy atom. The summed E-state index contributed by atoms with van der Waals surface area (Å²) >= 11 is 0. The molecule has 0 bridgehead atoms. The third-order valence-electron chi connectivity index (χ3n) is 5.81. The summed E-state index contributed by atoms with van der Waals surface area (Å²) in [6, 6.07) is 11.1. The average Bonchev–Trinajstić information content (AvgIpc) is 3.33. The van der Waals surface area contributed by atoms with E-state index in [1.165, 1.54) is 5.56 Å². The fourth-order valence-electron chi connectivity index (χ4n) is 4.07. The molecule has 7 heteroatoms. The van der Waals surface area contributed by atoms with Crippen molar-refractivity contribution in [2.45, 2.75) is 33.1 Å².